The Balaban J connectivity index is 2.39. The summed E-state index contributed by atoms with van der Waals surface area (Å²) in [5.74, 6) is 0. The Morgan fingerprint density at radius 1 is 1.47 bits per heavy atom. The topological polar surface area (TPSA) is 52.6 Å². The van der Waals surface area contributed by atoms with Gasteiger partial charge in [-0.3, -0.25) is 0 Å². The lowest BCUT2D eigenvalue weighted by Gasteiger charge is -2.25. The number of carbonyl (C=O) groups is 1. The van der Waals surface area contributed by atoms with Gasteiger partial charge in [-0.05, 0) is 25.7 Å². The molecule has 1 unspecified atom stereocenters. The van der Waals surface area contributed by atoms with E-state index in [4.69, 9.17) is 5.11 Å². The number of urea groups is 1. The van der Waals surface area contributed by atoms with Crippen molar-refractivity contribution in [3.63, 3.8) is 0 Å². The van der Waals surface area contributed by atoms with E-state index in [9.17, 15) is 18.0 Å². The predicted molar refractivity (Wildman–Crippen MR) is 55.5 cm³/mol. The number of nitrogens with zero attached hydrogens (tertiary/aromatic N) is 1. The summed E-state index contributed by atoms with van der Waals surface area (Å²) in [5, 5.41) is 10.6. The quantitative estimate of drug-likeness (QED) is 0.798. The maximum atomic E-state index is 11.9. The summed E-state index contributed by atoms with van der Waals surface area (Å²) in [6, 6.07) is -0.710. The standard InChI is InChI=1S/C10H17F3N2O2/c11-10(12,13)7-14-9(17)15-5-1-3-8(15)4-2-6-16/h8,16H,1-7H2,(H,14,17). The highest BCUT2D eigenvalue weighted by atomic mass is 19.4. The molecule has 1 aliphatic rings. The lowest BCUT2D eigenvalue weighted by atomic mass is 10.1. The lowest BCUT2D eigenvalue weighted by molar-refractivity contribution is -0.123. The number of rotatable bonds is 4. The van der Waals surface area contributed by atoms with E-state index < -0.39 is 18.8 Å². The number of aliphatic hydroxyl groups excluding tert-OH is 1. The average Bonchev–Trinajstić information content (AvgIpc) is 2.70. The number of alkyl halides is 3. The Morgan fingerprint density at radius 3 is 2.76 bits per heavy atom. The fourth-order valence-electron chi connectivity index (χ4n) is 2.01. The molecule has 0 spiro atoms. The van der Waals surface area contributed by atoms with Crippen molar-refractivity contribution in [2.75, 3.05) is 19.7 Å². The summed E-state index contributed by atoms with van der Waals surface area (Å²) in [6.07, 6.45) is -1.59. The molecular formula is C10H17F3N2O2. The van der Waals surface area contributed by atoms with Gasteiger partial charge in [-0.2, -0.15) is 13.2 Å². The van der Waals surface area contributed by atoms with Crippen LogP contribution in [0.4, 0.5) is 18.0 Å². The lowest BCUT2D eigenvalue weighted by Crippen LogP contribution is -2.45. The Bertz CT molecular complexity index is 258. The summed E-state index contributed by atoms with van der Waals surface area (Å²) < 4.78 is 35.8. The second kappa shape index (κ2) is 6.09. The molecule has 2 amide bonds. The van der Waals surface area contributed by atoms with Gasteiger partial charge in [0.2, 0.25) is 0 Å². The van der Waals surface area contributed by atoms with Crippen molar-refractivity contribution in [2.45, 2.75) is 37.9 Å². The number of hydrogen-bond donors (Lipinski definition) is 2. The highest BCUT2D eigenvalue weighted by molar-refractivity contribution is 5.74. The number of likely N-dealkylation sites (tertiary alicyclic amines) is 1. The van der Waals surface area contributed by atoms with Crippen molar-refractivity contribution in [1.82, 2.24) is 10.2 Å². The van der Waals surface area contributed by atoms with E-state index in [-0.39, 0.29) is 12.6 Å². The van der Waals surface area contributed by atoms with E-state index in [1.807, 2.05) is 5.32 Å². The first-order chi connectivity index (χ1) is 7.94. The van der Waals surface area contributed by atoms with Gasteiger partial charge in [0.25, 0.3) is 0 Å². The molecule has 0 aromatic carbocycles. The van der Waals surface area contributed by atoms with Crippen LogP contribution in [0, 0.1) is 0 Å². The molecule has 0 aromatic rings. The van der Waals surface area contributed by atoms with Crippen molar-refractivity contribution >= 4 is 6.03 Å². The van der Waals surface area contributed by atoms with E-state index in [2.05, 4.69) is 0 Å². The van der Waals surface area contributed by atoms with Gasteiger partial charge >= 0.3 is 12.2 Å². The van der Waals surface area contributed by atoms with Gasteiger partial charge < -0.3 is 15.3 Å². The molecule has 1 rings (SSSR count). The van der Waals surface area contributed by atoms with Gasteiger partial charge in [0, 0.05) is 19.2 Å². The fourth-order valence-corrected chi connectivity index (χ4v) is 2.01. The predicted octanol–water partition coefficient (Wildman–Crippen LogP) is 1.50. The summed E-state index contributed by atoms with van der Waals surface area (Å²) in [6.45, 7) is -0.774. The van der Waals surface area contributed by atoms with Crippen LogP contribution in [0.25, 0.3) is 0 Å². The van der Waals surface area contributed by atoms with Crippen molar-refractivity contribution in [3.05, 3.63) is 0 Å². The molecule has 100 valence electrons. The van der Waals surface area contributed by atoms with E-state index in [1.54, 1.807) is 0 Å². The molecule has 1 fully saturated rings. The SMILES string of the molecule is O=C(NCC(F)(F)F)N1CCCC1CCCO. The van der Waals surface area contributed by atoms with Crippen LogP contribution in [-0.2, 0) is 0 Å². The first-order valence-corrected chi connectivity index (χ1v) is 5.66. The molecule has 4 nitrogen and oxygen atoms in total. The Hall–Kier alpha value is -0.980. The number of hydrogen-bond acceptors (Lipinski definition) is 2. The van der Waals surface area contributed by atoms with E-state index in [0.29, 0.717) is 19.4 Å². The molecule has 0 saturated carbocycles. The molecule has 1 heterocycles. The summed E-state index contributed by atoms with van der Waals surface area (Å²) in [5.41, 5.74) is 0. The smallest absolute Gasteiger partial charge is 0.396 e. The van der Waals surface area contributed by atoms with Crippen LogP contribution in [0.1, 0.15) is 25.7 Å². The molecule has 7 heteroatoms. The first-order valence-electron chi connectivity index (χ1n) is 5.66. The fraction of sp³-hybridized carbons (Fsp3) is 0.900. The van der Waals surface area contributed by atoms with Crippen molar-refractivity contribution in [1.29, 1.82) is 0 Å². The third-order valence-corrected chi connectivity index (χ3v) is 2.77. The van der Waals surface area contributed by atoms with E-state index >= 15 is 0 Å². The molecule has 0 aromatic heterocycles. The van der Waals surface area contributed by atoms with Crippen molar-refractivity contribution < 1.29 is 23.1 Å². The van der Waals surface area contributed by atoms with Gasteiger partial charge in [-0.15, -0.1) is 0 Å². The van der Waals surface area contributed by atoms with E-state index in [1.165, 1.54) is 4.90 Å². The van der Waals surface area contributed by atoms with Gasteiger partial charge in [0.1, 0.15) is 6.54 Å². The molecule has 2 N–H and O–H groups in total. The molecule has 1 aliphatic heterocycles. The second-order valence-corrected chi connectivity index (χ2v) is 4.13. The van der Waals surface area contributed by atoms with Crippen LogP contribution in [0.5, 0.6) is 0 Å². The summed E-state index contributed by atoms with van der Waals surface area (Å²) in [4.78, 5) is 12.9. The van der Waals surface area contributed by atoms with Gasteiger partial charge in [-0.25, -0.2) is 4.79 Å². The molecule has 1 saturated heterocycles. The molecule has 0 radical (unpaired) electrons. The largest absolute Gasteiger partial charge is 0.405 e. The van der Waals surface area contributed by atoms with Crippen molar-refractivity contribution in [3.8, 4) is 0 Å². The molecular weight excluding hydrogens is 237 g/mol. The second-order valence-electron chi connectivity index (χ2n) is 4.13. The zero-order valence-electron chi connectivity index (χ0n) is 9.46. The van der Waals surface area contributed by atoms with Crippen LogP contribution in [0.15, 0.2) is 0 Å². The van der Waals surface area contributed by atoms with Crippen LogP contribution in [-0.4, -0.2) is 48.0 Å². The van der Waals surface area contributed by atoms with Crippen molar-refractivity contribution in [2.24, 2.45) is 0 Å². The minimum atomic E-state index is -4.38. The van der Waals surface area contributed by atoms with Crippen LogP contribution in [0.3, 0.4) is 0 Å². The molecule has 1 atom stereocenters. The Kier molecular flexibility index (Phi) is 5.04. The number of amides is 2. The third-order valence-electron chi connectivity index (χ3n) is 2.77. The van der Waals surface area contributed by atoms with Crippen LogP contribution < -0.4 is 5.32 Å². The third kappa shape index (κ3) is 4.80. The van der Waals surface area contributed by atoms with E-state index in [0.717, 1.165) is 12.8 Å². The highest BCUT2D eigenvalue weighted by Gasteiger charge is 2.32. The van der Waals surface area contributed by atoms with Gasteiger partial charge in [0.15, 0.2) is 0 Å². The Labute approximate surface area is 97.8 Å². The maximum absolute atomic E-state index is 11.9. The normalized spacial score (nSPS) is 20.7. The van der Waals surface area contributed by atoms with Crippen LogP contribution >= 0.6 is 0 Å². The number of aliphatic hydroxyl groups is 1. The number of halogens is 3. The minimum Gasteiger partial charge on any atom is -0.396 e. The van der Waals surface area contributed by atoms with Gasteiger partial charge in [0.05, 0.1) is 0 Å². The zero-order valence-corrected chi connectivity index (χ0v) is 9.46. The first kappa shape index (κ1) is 14.1. The number of carbonyl (C=O) groups excluding carboxylic acids is 1. The summed E-state index contributed by atoms with van der Waals surface area (Å²) in [7, 11) is 0. The highest BCUT2D eigenvalue weighted by Crippen LogP contribution is 2.21. The molecule has 0 aliphatic carbocycles. The minimum absolute atomic E-state index is 0.0362. The zero-order chi connectivity index (χ0) is 12.9. The molecule has 17 heavy (non-hydrogen) atoms. The van der Waals surface area contributed by atoms with Crippen LogP contribution in [0.2, 0.25) is 0 Å². The summed E-state index contributed by atoms with van der Waals surface area (Å²) >= 11 is 0. The monoisotopic (exact) mass is 254 g/mol. The maximum Gasteiger partial charge on any atom is 0.405 e. The Morgan fingerprint density at radius 2 is 2.18 bits per heavy atom. The number of nitrogens with one attached hydrogen (secondary N) is 1. The molecule has 0 bridgehead atoms. The van der Waals surface area contributed by atoms with Gasteiger partial charge in [-0.1, -0.05) is 0 Å². The average molecular weight is 254 g/mol.